The predicted molar refractivity (Wildman–Crippen MR) is 138 cm³/mol. The van der Waals surface area contributed by atoms with E-state index in [0.29, 0.717) is 40.3 Å². The minimum Gasteiger partial charge on any atom is -0.421 e. The lowest BCUT2D eigenvalue weighted by atomic mass is 10.1. The Kier molecular flexibility index (Phi) is 5.85. The van der Waals surface area contributed by atoms with Crippen molar-refractivity contribution < 1.29 is 4.42 Å². The molecule has 0 fully saturated rings. The lowest BCUT2D eigenvalue weighted by Crippen LogP contribution is -2.28. The average Bonchev–Trinajstić information content (AvgIpc) is 3.28. The largest absolute Gasteiger partial charge is 0.421 e. The van der Waals surface area contributed by atoms with Gasteiger partial charge in [0.05, 0.1) is 22.3 Å². The van der Waals surface area contributed by atoms with Crippen molar-refractivity contribution in [2.75, 3.05) is 5.73 Å². The third-order valence-electron chi connectivity index (χ3n) is 5.89. The van der Waals surface area contributed by atoms with Gasteiger partial charge in [0.25, 0.3) is 11.4 Å². The van der Waals surface area contributed by atoms with Crippen LogP contribution in [-0.2, 0) is 0 Å². The van der Waals surface area contributed by atoms with Crippen LogP contribution in [-0.4, -0.2) is 35.4 Å². The number of para-hydroxylation sites is 1. The fourth-order valence-electron chi connectivity index (χ4n) is 4.12. The van der Waals surface area contributed by atoms with Crippen LogP contribution in [0.15, 0.2) is 63.0 Å². The second kappa shape index (κ2) is 9.14. The molecular formula is C26H24N8O2. The van der Waals surface area contributed by atoms with E-state index in [2.05, 4.69) is 20.2 Å². The Morgan fingerprint density at radius 1 is 1.03 bits per heavy atom. The molecule has 3 heterocycles. The van der Waals surface area contributed by atoms with Crippen molar-refractivity contribution in [2.24, 2.45) is 4.99 Å². The van der Waals surface area contributed by atoms with Crippen molar-refractivity contribution >= 4 is 28.3 Å². The Balaban J connectivity index is 1.83. The predicted octanol–water partition coefficient (Wildman–Crippen LogP) is 4.26. The van der Waals surface area contributed by atoms with E-state index >= 15 is 0 Å². The number of hydrogen-bond acceptors (Lipinski definition) is 9. The Labute approximate surface area is 206 Å². The van der Waals surface area contributed by atoms with Gasteiger partial charge in [-0.25, -0.2) is 19.9 Å². The summed E-state index contributed by atoms with van der Waals surface area (Å²) in [6, 6.07) is 13.3. The van der Waals surface area contributed by atoms with Crippen molar-refractivity contribution in [1.82, 2.24) is 29.7 Å². The molecule has 0 spiro atoms. The average molecular weight is 481 g/mol. The number of nitrogens with zero attached hydrogens (tertiary/aromatic N) is 7. The van der Waals surface area contributed by atoms with Crippen LogP contribution in [0.5, 0.6) is 0 Å². The monoisotopic (exact) mass is 480 g/mol. The highest BCUT2D eigenvalue weighted by molar-refractivity contribution is 6.02. The molecule has 0 atom stereocenters. The number of aryl methyl sites for hydroxylation is 3. The van der Waals surface area contributed by atoms with Gasteiger partial charge in [0.15, 0.2) is 11.6 Å². The first-order chi connectivity index (χ1) is 17.4. The Hall–Kier alpha value is -4.73. The number of rotatable bonds is 5. The standard InChI is InChI=1S/C26H24N8O2/c1-5-17(30-23-21(22(27)28-13-29-23)25-33-32-16(4)36-25)24-31-18-11-8-10-15(3)20(18)26(35)34(24)19-12-7-6-9-14(19)2/h6-13H,5H2,1-4H3,(H2,27,28,29). The quantitative estimate of drug-likeness (QED) is 0.368. The van der Waals surface area contributed by atoms with Crippen LogP contribution in [0.1, 0.15) is 36.2 Å². The van der Waals surface area contributed by atoms with E-state index in [1.807, 2.05) is 63.2 Å². The van der Waals surface area contributed by atoms with Crippen LogP contribution >= 0.6 is 0 Å². The van der Waals surface area contributed by atoms with Crippen molar-refractivity contribution in [1.29, 1.82) is 0 Å². The molecule has 0 saturated heterocycles. The number of aromatic nitrogens is 6. The van der Waals surface area contributed by atoms with Gasteiger partial charge in [0.2, 0.25) is 5.89 Å². The van der Waals surface area contributed by atoms with Crippen LogP contribution in [0, 0.1) is 20.8 Å². The Morgan fingerprint density at radius 2 is 1.81 bits per heavy atom. The van der Waals surface area contributed by atoms with E-state index < -0.39 is 0 Å². The SMILES string of the molecule is CCC(=Nc1ncnc(N)c1-c1nnc(C)o1)c1nc2cccc(C)c2c(=O)n1-c1ccccc1C. The maximum atomic E-state index is 13.9. The van der Waals surface area contributed by atoms with Crippen LogP contribution < -0.4 is 11.3 Å². The highest BCUT2D eigenvalue weighted by Gasteiger charge is 2.22. The lowest BCUT2D eigenvalue weighted by molar-refractivity contribution is 0.532. The maximum Gasteiger partial charge on any atom is 0.266 e. The smallest absolute Gasteiger partial charge is 0.266 e. The summed E-state index contributed by atoms with van der Waals surface area (Å²) in [6.07, 6.45) is 1.78. The molecule has 0 saturated carbocycles. The summed E-state index contributed by atoms with van der Waals surface area (Å²) in [6.45, 7) is 7.48. The van der Waals surface area contributed by atoms with E-state index in [1.165, 1.54) is 6.33 Å². The van der Waals surface area contributed by atoms with Crippen LogP contribution in [0.4, 0.5) is 11.6 Å². The van der Waals surface area contributed by atoms with Gasteiger partial charge in [-0.1, -0.05) is 37.3 Å². The van der Waals surface area contributed by atoms with Gasteiger partial charge in [-0.3, -0.25) is 9.36 Å². The second-order valence-electron chi connectivity index (χ2n) is 8.33. The number of aliphatic imine (C=N–C) groups is 1. The van der Waals surface area contributed by atoms with Crippen LogP contribution in [0.2, 0.25) is 0 Å². The van der Waals surface area contributed by atoms with Gasteiger partial charge in [0, 0.05) is 6.92 Å². The number of anilines is 1. The lowest BCUT2D eigenvalue weighted by Gasteiger charge is -2.17. The molecular weight excluding hydrogens is 456 g/mol. The first-order valence-electron chi connectivity index (χ1n) is 11.5. The van der Waals surface area contributed by atoms with E-state index in [-0.39, 0.29) is 23.1 Å². The molecule has 0 amide bonds. The normalized spacial score (nSPS) is 11.8. The summed E-state index contributed by atoms with van der Waals surface area (Å²) in [5, 5.41) is 8.52. The number of fused-ring (bicyclic) bond motifs is 1. The molecule has 0 unspecified atom stereocenters. The highest BCUT2D eigenvalue weighted by atomic mass is 16.4. The zero-order valence-electron chi connectivity index (χ0n) is 20.4. The fourth-order valence-corrected chi connectivity index (χ4v) is 4.12. The minimum atomic E-state index is -0.168. The first kappa shape index (κ1) is 23.0. The second-order valence-corrected chi connectivity index (χ2v) is 8.33. The third-order valence-corrected chi connectivity index (χ3v) is 5.89. The maximum absolute atomic E-state index is 13.9. The zero-order chi connectivity index (χ0) is 25.4. The van der Waals surface area contributed by atoms with Gasteiger partial charge in [-0.15, -0.1) is 10.2 Å². The molecule has 2 N–H and O–H groups in total. The van der Waals surface area contributed by atoms with E-state index in [4.69, 9.17) is 20.1 Å². The van der Waals surface area contributed by atoms with E-state index in [0.717, 1.165) is 16.8 Å². The molecule has 0 aliphatic heterocycles. The van der Waals surface area contributed by atoms with Crippen LogP contribution in [0.25, 0.3) is 28.0 Å². The molecule has 0 bridgehead atoms. The molecule has 5 rings (SSSR count). The summed E-state index contributed by atoms with van der Waals surface area (Å²) in [7, 11) is 0. The molecule has 10 nitrogen and oxygen atoms in total. The van der Waals surface area contributed by atoms with Gasteiger partial charge in [-0.2, -0.15) is 0 Å². The molecule has 0 radical (unpaired) electrons. The molecule has 0 aliphatic rings. The minimum absolute atomic E-state index is 0.154. The Morgan fingerprint density at radius 3 is 2.53 bits per heavy atom. The van der Waals surface area contributed by atoms with E-state index in [9.17, 15) is 4.79 Å². The van der Waals surface area contributed by atoms with Crippen molar-refractivity contribution in [2.45, 2.75) is 34.1 Å². The first-order valence-corrected chi connectivity index (χ1v) is 11.5. The van der Waals surface area contributed by atoms with Crippen molar-refractivity contribution in [3.63, 3.8) is 0 Å². The molecule has 10 heteroatoms. The summed E-state index contributed by atoms with van der Waals surface area (Å²) < 4.78 is 7.21. The third kappa shape index (κ3) is 3.92. The fraction of sp³-hybridized carbons (Fsp3) is 0.192. The number of nitrogen functional groups attached to an aromatic ring is 1. The summed E-state index contributed by atoms with van der Waals surface area (Å²) >= 11 is 0. The van der Waals surface area contributed by atoms with Crippen molar-refractivity contribution in [3.8, 4) is 17.1 Å². The van der Waals surface area contributed by atoms with Gasteiger partial charge >= 0.3 is 0 Å². The zero-order valence-corrected chi connectivity index (χ0v) is 20.4. The molecule has 5 aromatic rings. The molecule has 0 aliphatic carbocycles. The van der Waals surface area contributed by atoms with Gasteiger partial charge in [-0.05, 0) is 43.5 Å². The number of nitrogens with two attached hydrogens (primary N) is 1. The topological polar surface area (TPSA) is 138 Å². The molecule has 2 aromatic carbocycles. The van der Waals surface area contributed by atoms with Crippen molar-refractivity contribution in [3.05, 3.63) is 82.0 Å². The van der Waals surface area contributed by atoms with E-state index in [1.54, 1.807) is 11.5 Å². The Bertz CT molecular complexity index is 1700. The highest BCUT2D eigenvalue weighted by Crippen LogP contribution is 2.32. The molecule has 180 valence electrons. The summed E-state index contributed by atoms with van der Waals surface area (Å²) in [5.41, 5.74) is 9.95. The van der Waals surface area contributed by atoms with Crippen LogP contribution in [0.3, 0.4) is 0 Å². The summed E-state index contributed by atoms with van der Waals surface area (Å²) in [4.78, 5) is 32.1. The number of benzene rings is 2. The van der Waals surface area contributed by atoms with Gasteiger partial charge in [0.1, 0.15) is 17.7 Å². The molecule has 3 aromatic heterocycles. The summed E-state index contributed by atoms with van der Waals surface area (Å²) in [5.74, 6) is 1.36. The molecule has 36 heavy (non-hydrogen) atoms. The van der Waals surface area contributed by atoms with Gasteiger partial charge < -0.3 is 10.2 Å². The number of hydrogen-bond donors (Lipinski definition) is 1.